The van der Waals surface area contributed by atoms with Crippen molar-refractivity contribution in [1.82, 2.24) is 4.90 Å². The lowest BCUT2D eigenvalue weighted by molar-refractivity contribution is -0.155. The van der Waals surface area contributed by atoms with Gasteiger partial charge in [-0.15, -0.1) is 0 Å². The summed E-state index contributed by atoms with van der Waals surface area (Å²) in [6, 6.07) is 0. The van der Waals surface area contributed by atoms with Crippen LogP contribution in [-0.2, 0) is 9.53 Å². The van der Waals surface area contributed by atoms with E-state index >= 15 is 0 Å². The molecule has 0 saturated carbocycles. The van der Waals surface area contributed by atoms with Crippen molar-refractivity contribution in [3.8, 4) is 0 Å². The van der Waals surface area contributed by atoms with E-state index in [4.69, 9.17) is 9.84 Å². The van der Waals surface area contributed by atoms with Gasteiger partial charge in [-0.25, -0.2) is 4.79 Å². The Morgan fingerprint density at radius 2 is 2.06 bits per heavy atom. The topological polar surface area (TPSA) is 66.8 Å². The van der Waals surface area contributed by atoms with Crippen LogP contribution in [0.5, 0.6) is 0 Å². The van der Waals surface area contributed by atoms with Crippen molar-refractivity contribution in [3.05, 3.63) is 0 Å². The Balaban J connectivity index is 2.63. The van der Waals surface area contributed by atoms with Gasteiger partial charge >= 0.3 is 12.1 Å². The SMILES string of the molecule is CCOC(=O)C1(C)CCCN(C(=O)O)CC1. The lowest BCUT2D eigenvalue weighted by atomic mass is 9.83. The number of esters is 1. The largest absolute Gasteiger partial charge is 0.466 e. The average Bonchev–Trinajstić information content (AvgIpc) is 2.42. The van der Waals surface area contributed by atoms with Crippen LogP contribution in [0.25, 0.3) is 0 Å². The Hall–Kier alpha value is -1.26. The first-order valence-electron chi connectivity index (χ1n) is 5.64. The lowest BCUT2D eigenvalue weighted by Gasteiger charge is -2.25. The summed E-state index contributed by atoms with van der Waals surface area (Å²) in [5.41, 5.74) is -0.528. The molecule has 5 nitrogen and oxygen atoms in total. The molecule has 1 unspecified atom stereocenters. The number of rotatable bonds is 2. The normalized spacial score (nSPS) is 26.0. The zero-order valence-electron chi connectivity index (χ0n) is 9.86. The fourth-order valence-electron chi connectivity index (χ4n) is 1.98. The molecule has 1 N–H and O–H groups in total. The Kier molecular flexibility index (Phi) is 4.15. The van der Waals surface area contributed by atoms with Crippen LogP contribution in [0.2, 0.25) is 0 Å². The smallest absolute Gasteiger partial charge is 0.407 e. The van der Waals surface area contributed by atoms with E-state index in [1.54, 1.807) is 6.92 Å². The number of nitrogens with zero attached hydrogens (tertiary/aromatic N) is 1. The van der Waals surface area contributed by atoms with Crippen molar-refractivity contribution in [2.75, 3.05) is 19.7 Å². The molecule has 1 saturated heterocycles. The van der Waals surface area contributed by atoms with Crippen molar-refractivity contribution in [2.24, 2.45) is 5.41 Å². The minimum Gasteiger partial charge on any atom is -0.466 e. The van der Waals surface area contributed by atoms with Crippen LogP contribution in [0.15, 0.2) is 0 Å². The molecule has 0 aromatic carbocycles. The molecule has 1 atom stereocenters. The highest BCUT2D eigenvalue weighted by atomic mass is 16.5. The van der Waals surface area contributed by atoms with E-state index in [0.717, 1.165) is 0 Å². The molecule has 0 aliphatic carbocycles. The predicted octanol–water partition coefficient (Wildman–Crippen LogP) is 1.72. The molecule has 0 radical (unpaired) electrons. The fraction of sp³-hybridized carbons (Fsp3) is 0.818. The zero-order valence-corrected chi connectivity index (χ0v) is 9.86. The van der Waals surface area contributed by atoms with E-state index in [2.05, 4.69) is 0 Å². The van der Waals surface area contributed by atoms with Gasteiger partial charge in [0, 0.05) is 13.1 Å². The predicted molar refractivity (Wildman–Crippen MR) is 58.2 cm³/mol. The molecule has 1 aliphatic heterocycles. The summed E-state index contributed by atoms with van der Waals surface area (Å²) in [6.45, 7) is 4.92. The summed E-state index contributed by atoms with van der Waals surface area (Å²) in [6.07, 6.45) is 1.03. The maximum atomic E-state index is 11.8. The Morgan fingerprint density at radius 3 is 2.62 bits per heavy atom. The van der Waals surface area contributed by atoms with Crippen LogP contribution in [0, 0.1) is 5.41 Å². The molecule has 1 heterocycles. The first-order valence-corrected chi connectivity index (χ1v) is 5.64. The highest BCUT2D eigenvalue weighted by Crippen LogP contribution is 2.32. The number of carbonyl (C=O) groups is 2. The highest BCUT2D eigenvalue weighted by Gasteiger charge is 2.37. The van der Waals surface area contributed by atoms with E-state index < -0.39 is 11.5 Å². The lowest BCUT2D eigenvalue weighted by Crippen LogP contribution is -2.33. The third kappa shape index (κ3) is 2.87. The van der Waals surface area contributed by atoms with Crippen LogP contribution in [0.4, 0.5) is 4.79 Å². The first-order chi connectivity index (χ1) is 7.49. The molecular weight excluding hydrogens is 210 g/mol. The molecule has 1 rings (SSSR count). The van der Waals surface area contributed by atoms with Gasteiger partial charge in [0.1, 0.15) is 0 Å². The summed E-state index contributed by atoms with van der Waals surface area (Å²) in [5.74, 6) is -0.206. The monoisotopic (exact) mass is 229 g/mol. The third-order valence-corrected chi connectivity index (χ3v) is 3.13. The van der Waals surface area contributed by atoms with Crippen molar-refractivity contribution in [3.63, 3.8) is 0 Å². The summed E-state index contributed by atoms with van der Waals surface area (Å²) in [7, 11) is 0. The first kappa shape index (κ1) is 12.8. The van der Waals surface area contributed by atoms with Crippen molar-refractivity contribution in [1.29, 1.82) is 0 Å². The molecule has 92 valence electrons. The molecule has 16 heavy (non-hydrogen) atoms. The third-order valence-electron chi connectivity index (χ3n) is 3.13. The van der Waals surface area contributed by atoms with Gasteiger partial charge in [-0.1, -0.05) is 0 Å². The molecular formula is C11H19NO4. The molecule has 0 aromatic rings. The Bertz CT molecular complexity index is 279. The summed E-state index contributed by atoms with van der Waals surface area (Å²) < 4.78 is 5.03. The highest BCUT2D eigenvalue weighted by molar-refractivity contribution is 5.76. The number of likely N-dealkylation sites (tertiary alicyclic amines) is 1. The maximum Gasteiger partial charge on any atom is 0.407 e. The number of carboxylic acid groups (broad SMARTS) is 1. The second-order valence-corrected chi connectivity index (χ2v) is 4.40. The van der Waals surface area contributed by atoms with E-state index in [-0.39, 0.29) is 5.97 Å². The minimum atomic E-state index is -0.909. The number of hydrogen-bond acceptors (Lipinski definition) is 3. The molecule has 1 amide bonds. The molecule has 0 aromatic heterocycles. The van der Waals surface area contributed by atoms with Crippen LogP contribution >= 0.6 is 0 Å². The Morgan fingerprint density at radius 1 is 1.38 bits per heavy atom. The molecule has 0 bridgehead atoms. The minimum absolute atomic E-state index is 0.206. The van der Waals surface area contributed by atoms with Gasteiger partial charge in [-0.3, -0.25) is 4.79 Å². The van der Waals surface area contributed by atoms with Gasteiger partial charge in [-0.05, 0) is 33.1 Å². The quantitative estimate of drug-likeness (QED) is 0.732. The number of hydrogen-bond donors (Lipinski definition) is 1. The number of amides is 1. The van der Waals surface area contributed by atoms with E-state index in [1.165, 1.54) is 4.90 Å². The van der Waals surface area contributed by atoms with E-state index in [9.17, 15) is 9.59 Å². The van der Waals surface area contributed by atoms with Crippen molar-refractivity contribution < 1.29 is 19.4 Å². The van der Waals surface area contributed by atoms with Gasteiger partial charge in [0.05, 0.1) is 12.0 Å². The zero-order chi connectivity index (χ0) is 12.2. The van der Waals surface area contributed by atoms with Crippen LogP contribution in [-0.4, -0.2) is 41.8 Å². The van der Waals surface area contributed by atoms with Crippen LogP contribution in [0.3, 0.4) is 0 Å². The standard InChI is InChI=1S/C11H19NO4/c1-3-16-9(13)11(2)5-4-7-12(8-6-11)10(14)15/h3-8H2,1-2H3,(H,14,15). The summed E-state index contributed by atoms with van der Waals surface area (Å²) in [5, 5.41) is 8.89. The van der Waals surface area contributed by atoms with Gasteiger partial charge in [0.15, 0.2) is 0 Å². The number of carbonyl (C=O) groups excluding carboxylic acids is 1. The summed E-state index contributed by atoms with van der Waals surface area (Å²) in [4.78, 5) is 24.0. The molecule has 1 aliphatic rings. The summed E-state index contributed by atoms with van der Waals surface area (Å²) >= 11 is 0. The molecule has 5 heteroatoms. The number of ether oxygens (including phenoxy) is 1. The second-order valence-electron chi connectivity index (χ2n) is 4.40. The van der Waals surface area contributed by atoms with Gasteiger partial charge in [0.2, 0.25) is 0 Å². The van der Waals surface area contributed by atoms with Gasteiger partial charge in [-0.2, -0.15) is 0 Å². The second kappa shape index (κ2) is 5.18. The molecule has 1 fully saturated rings. The fourth-order valence-corrected chi connectivity index (χ4v) is 1.98. The average molecular weight is 229 g/mol. The van der Waals surface area contributed by atoms with E-state index in [0.29, 0.717) is 39.0 Å². The Labute approximate surface area is 95.4 Å². The molecule has 0 spiro atoms. The van der Waals surface area contributed by atoms with Gasteiger partial charge < -0.3 is 14.7 Å². The van der Waals surface area contributed by atoms with E-state index in [1.807, 2.05) is 6.92 Å². The van der Waals surface area contributed by atoms with Crippen LogP contribution in [0.1, 0.15) is 33.1 Å². The van der Waals surface area contributed by atoms with Crippen LogP contribution < -0.4 is 0 Å². The van der Waals surface area contributed by atoms with Crippen molar-refractivity contribution in [2.45, 2.75) is 33.1 Å². The maximum absolute atomic E-state index is 11.8. The van der Waals surface area contributed by atoms with Crippen molar-refractivity contribution >= 4 is 12.1 Å². The van der Waals surface area contributed by atoms with Gasteiger partial charge in [0.25, 0.3) is 0 Å².